The van der Waals surface area contributed by atoms with E-state index >= 15 is 0 Å². The topological polar surface area (TPSA) is 139 Å². The molecule has 1 amide bonds. The van der Waals surface area contributed by atoms with E-state index in [2.05, 4.69) is 20.6 Å². The van der Waals surface area contributed by atoms with Crippen LogP contribution in [0.5, 0.6) is 5.75 Å². The summed E-state index contributed by atoms with van der Waals surface area (Å²) in [7, 11) is -5.51. The highest BCUT2D eigenvalue weighted by molar-refractivity contribution is 7.89. The Morgan fingerprint density at radius 2 is 1.73 bits per heavy atom. The van der Waals surface area contributed by atoms with E-state index in [0.717, 1.165) is 6.26 Å². The molecule has 0 atom stereocenters. The van der Waals surface area contributed by atoms with Crippen molar-refractivity contribution in [3.63, 3.8) is 0 Å². The summed E-state index contributed by atoms with van der Waals surface area (Å²) in [4.78, 5) is 20.2. The fraction of sp³-hybridized carbons (Fsp3) is 0.227. The van der Waals surface area contributed by atoms with Gasteiger partial charge in [-0.05, 0) is 37.6 Å². The van der Waals surface area contributed by atoms with Gasteiger partial charge in [0.25, 0.3) is 5.91 Å². The van der Waals surface area contributed by atoms with Gasteiger partial charge in [0.05, 0.1) is 30.3 Å². The smallest absolute Gasteiger partial charge is 0.421 e. The van der Waals surface area contributed by atoms with Gasteiger partial charge in [-0.15, -0.1) is 0 Å². The van der Waals surface area contributed by atoms with E-state index < -0.39 is 40.6 Å². The fourth-order valence-electron chi connectivity index (χ4n) is 3.28. The van der Waals surface area contributed by atoms with E-state index in [1.165, 1.54) is 50.8 Å². The molecule has 0 aliphatic heterocycles. The molecule has 1 heterocycles. The van der Waals surface area contributed by atoms with Crippen LogP contribution in [0, 0.1) is 0 Å². The number of carbonyl (C=O) groups is 1. The molecule has 3 rings (SSSR count). The molecule has 0 unspecified atom stereocenters. The van der Waals surface area contributed by atoms with Crippen LogP contribution in [-0.4, -0.2) is 51.0 Å². The molecular formula is C22H23F3N5O5PS. The zero-order chi connectivity index (χ0) is 27.6. The number of ether oxygens (including phenoxy) is 1. The molecule has 2 aromatic carbocycles. The highest BCUT2D eigenvalue weighted by Crippen LogP contribution is 2.40. The van der Waals surface area contributed by atoms with Gasteiger partial charge >= 0.3 is 6.18 Å². The Labute approximate surface area is 211 Å². The van der Waals surface area contributed by atoms with Gasteiger partial charge in [0.2, 0.25) is 16.0 Å². The molecule has 0 spiro atoms. The molecule has 3 aromatic rings. The van der Waals surface area contributed by atoms with E-state index in [-0.39, 0.29) is 28.6 Å². The Kier molecular flexibility index (Phi) is 7.84. The summed E-state index contributed by atoms with van der Waals surface area (Å²) in [5, 5.41) is 5.57. The quantitative estimate of drug-likeness (QED) is 0.352. The zero-order valence-electron chi connectivity index (χ0n) is 20.0. The van der Waals surface area contributed by atoms with Crippen LogP contribution >= 0.6 is 7.14 Å². The second-order valence-corrected chi connectivity index (χ2v) is 13.1. The Morgan fingerprint density at radius 3 is 2.32 bits per heavy atom. The van der Waals surface area contributed by atoms with Crippen molar-refractivity contribution >= 4 is 51.5 Å². The molecule has 37 heavy (non-hydrogen) atoms. The minimum absolute atomic E-state index is 0.0717. The van der Waals surface area contributed by atoms with Crippen molar-refractivity contribution in [1.29, 1.82) is 0 Å². The normalized spacial score (nSPS) is 12.1. The lowest BCUT2D eigenvalue weighted by Gasteiger charge is -2.19. The van der Waals surface area contributed by atoms with Gasteiger partial charge in [0.1, 0.15) is 24.3 Å². The summed E-state index contributed by atoms with van der Waals surface area (Å²) in [6.07, 6.45) is -3.50. The van der Waals surface area contributed by atoms with Gasteiger partial charge in [0, 0.05) is 11.5 Å². The van der Waals surface area contributed by atoms with Crippen LogP contribution in [0.15, 0.2) is 48.7 Å². The molecule has 0 radical (unpaired) electrons. The van der Waals surface area contributed by atoms with Crippen molar-refractivity contribution in [2.75, 3.05) is 37.3 Å². The number of hydrogen-bond donors (Lipinski definition) is 3. The number of methoxy groups -OCH3 is 1. The van der Waals surface area contributed by atoms with Crippen molar-refractivity contribution < 1.29 is 35.7 Å². The third-order valence-electron chi connectivity index (χ3n) is 4.84. The number of halogens is 3. The summed E-state index contributed by atoms with van der Waals surface area (Å²) in [6.45, 7) is 2.96. The van der Waals surface area contributed by atoms with Gasteiger partial charge in [-0.2, -0.15) is 18.2 Å². The Balaban J connectivity index is 2.11. The minimum atomic E-state index is -4.83. The molecule has 0 bridgehead atoms. The number of nitrogens with one attached hydrogen (secondary N) is 3. The standard InChI is InChI=1S/C22H23F3N5O5PS/c1-35-16-10-7-8-13(20(31)30-37(4,33)34)18(16)28-21-26-12-14(22(23,24)25)19(29-21)27-15-9-5-6-11-17(15)36(2,3)32/h5-12H,1-4H3,(H,30,31)(H2,26,27,28,29). The highest BCUT2D eigenvalue weighted by Gasteiger charge is 2.36. The summed E-state index contributed by atoms with van der Waals surface area (Å²) >= 11 is 0. The lowest BCUT2D eigenvalue weighted by atomic mass is 10.1. The Morgan fingerprint density at radius 1 is 1.05 bits per heavy atom. The van der Waals surface area contributed by atoms with Crippen LogP contribution in [0.4, 0.5) is 36.3 Å². The maximum absolute atomic E-state index is 13.8. The Bertz CT molecular complexity index is 1490. The van der Waals surface area contributed by atoms with Crippen LogP contribution in [0.3, 0.4) is 0 Å². The van der Waals surface area contributed by atoms with Gasteiger partial charge in [-0.25, -0.2) is 18.1 Å². The van der Waals surface area contributed by atoms with Crippen LogP contribution < -0.4 is 25.4 Å². The van der Waals surface area contributed by atoms with Gasteiger partial charge in [-0.3, -0.25) is 4.79 Å². The number of anilines is 4. The van der Waals surface area contributed by atoms with E-state index in [4.69, 9.17) is 4.74 Å². The monoisotopic (exact) mass is 557 g/mol. The largest absolute Gasteiger partial charge is 0.495 e. The number of carbonyl (C=O) groups excluding carboxylic acids is 1. The molecule has 0 saturated carbocycles. The second kappa shape index (κ2) is 10.4. The number of amides is 1. The highest BCUT2D eigenvalue weighted by atomic mass is 32.2. The number of nitrogens with zero attached hydrogens (tertiary/aromatic N) is 2. The van der Waals surface area contributed by atoms with E-state index in [0.29, 0.717) is 11.5 Å². The van der Waals surface area contributed by atoms with Crippen LogP contribution in [0.25, 0.3) is 0 Å². The summed E-state index contributed by atoms with van der Waals surface area (Å²) in [5.74, 6) is -1.93. The molecular weight excluding hydrogens is 534 g/mol. The lowest BCUT2D eigenvalue weighted by molar-refractivity contribution is -0.137. The molecule has 0 aliphatic carbocycles. The number of benzene rings is 2. The molecule has 10 nitrogen and oxygen atoms in total. The molecule has 0 aliphatic rings. The van der Waals surface area contributed by atoms with Gasteiger partial charge in [0.15, 0.2) is 0 Å². The zero-order valence-corrected chi connectivity index (χ0v) is 21.8. The van der Waals surface area contributed by atoms with Crippen molar-refractivity contribution in [1.82, 2.24) is 14.7 Å². The first-order chi connectivity index (χ1) is 17.1. The van der Waals surface area contributed by atoms with Crippen LogP contribution in [-0.2, 0) is 20.8 Å². The van der Waals surface area contributed by atoms with Crippen LogP contribution in [0.2, 0.25) is 0 Å². The first-order valence-electron chi connectivity index (χ1n) is 10.4. The third-order valence-corrected chi connectivity index (χ3v) is 6.94. The van der Waals surface area contributed by atoms with Gasteiger partial charge < -0.3 is 19.9 Å². The minimum Gasteiger partial charge on any atom is -0.495 e. The second-order valence-electron chi connectivity index (χ2n) is 8.16. The SMILES string of the molecule is COc1cccc(C(=O)NS(C)(=O)=O)c1Nc1ncc(C(F)(F)F)c(Nc2ccccc2P(C)(C)=O)n1. The number of alkyl halides is 3. The van der Waals surface area contributed by atoms with Crippen molar-refractivity contribution in [2.24, 2.45) is 0 Å². The van der Waals surface area contributed by atoms with Crippen molar-refractivity contribution in [2.45, 2.75) is 6.18 Å². The molecule has 3 N–H and O–H groups in total. The summed E-state index contributed by atoms with van der Waals surface area (Å²) < 4.78 is 84.1. The average Bonchev–Trinajstić information content (AvgIpc) is 2.77. The maximum Gasteiger partial charge on any atom is 0.421 e. The number of para-hydroxylation sites is 2. The first-order valence-corrected chi connectivity index (χ1v) is 14.9. The first kappa shape index (κ1) is 27.9. The number of rotatable bonds is 8. The summed E-state index contributed by atoms with van der Waals surface area (Å²) in [6, 6.07) is 10.3. The number of sulfonamides is 1. The van der Waals surface area contributed by atoms with Crippen LogP contribution in [0.1, 0.15) is 15.9 Å². The molecule has 0 saturated heterocycles. The molecule has 1 aromatic heterocycles. The Hall–Kier alpha value is -3.64. The number of hydrogen-bond acceptors (Lipinski definition) is 9. The van der Waals surface area contributed by atoms with Crippen molar-refractivity contribution in [3.05, 3.63) is 59.8 Å². The predicted octanol–water partition coefficient (Wildman–Crippen LogP) is 3.93. The predicted molar refractivity (Wildman–Crippen MR) is 134 cm³/mol. The van der Waals surface area contributed by atoms with Crippen molar-refractivity contribution in [3.8, 4) is 5.75 Å². The molecule has 198 valence electrons. The summed E-state index contributed by atoms with van der Waals surface area (Å²) in [5.41, 5.74) is -1.30. The number of aromatic nitrogens is 2. The fourth-order valence-corrected chi connectivity index (χ4v) is 4.88. The van der Waals surface area contributed by atoms with E-state index in [9.17, 15) is 30.9 Å². The van der Waals surface area contributed by atoms with E-state index in [1.807, 2.05) is 4.72 Å². The average molecular weight is 557 g/mol. The third kappa shape index (κ3) is 6.98. The molecule has 15 heteroatoms. The molecule has 0 fully saturated rings. The van der Waals surface area contributed by atoms with Gasteiger partial charge in [-0.1, -0.05) is 18.2 Å². The lowest BCUT2D eigenvalue weighted by Crippen LogP contribution is -2.30. The van der Waals surface area contributed by atoms with E-state index in [1.54, 1.807) is 12.1 Å². The maximum atomic E-state index is 13.8.